The third-order valence-corrected chi connectivity index (χ3v) is 2.11. The molecule has 0 atom stereocenters. The van der Waals surface area contributed by atoms with Crippen molar-refractivity contribution in [1.82, 2.24) is 15.0 Å². The van der Waals surface area contributed by atoms with E-state index in [-0.39, 0.29) is 5.92 Å². The van der Waals surface area contributed by atoms with E-state index in [9.17, 15) is 0 Å². The molecule has 0 aliphatic heterocycles. The molecular weight excluding hydrogens is 140 g/mol. The van der Waals surface area contributed by atoms with E-state index in [1.807, 2.05) is 10.9 Å². The molecule has 1 heterocycles. The number of hydrogen-bond acceptors (Lipinski definition) is 3. The minimum Gasteiger partial charge on any atom is -0.249 e. The van der Waals surface area contributed by atoms with Crippen molar-refractivity contribution in [3.63, 3.8) is 0 Å². The van der Waals surface area contributed by atoms with Crippen molar-refractivity contribution in [2.75, 3.05) is 0 Å². The van der Waals surface area contributed by atoms with Crippen molar-refractivity contribution >= 4 is 0 Å². The van der Waals surface area contributed by atoms with Crippen LogP contribution in [0.25, 0.3) is 0 Å². The van der Waals surface area contributed by atoms with Crippen molar-refractivity contribution in [2.45, 2.75) is 18.9 Å². The lowest BCUT2D eigenvalue weighted by Crippen LogP contribution is -2.26. The van der Waals surface area contributed by atoms with E-state index in [1.54, 1.807) is 6.20 Å². The van der Waals surface area contributed by atoms with Crippen LogP contribution in [-0.2, 0) is 0 Å². The maximum atomic E-state index is 8.51. The monoisotopic (exact) mass is 148 g/mol. The first kappa shape index (κ1) is 6.35. The van der Waals surface area contributed by atoms with Gasteiger partial charge in [-0.25, -0.2) is 4.68 Å². The van der Waals surface area contributed by atoms with Crippen LogP contribution in [0.4, 0.5) is 0 Å². The molecule has 0 unspecified atom stereocenters. The summed E-state index contributed by atoms with van der Waals surface area (Å²) in [6.45, 7) is 0. The maximum Gasteiger partial charge on any atom is 0.0693 e. The first-order valence-corrected chi connectivity index (χ1v) is 3.65. The molecule has 0 amide bonds. The molecule has 56 valence electrons. The topological polar surface area (TPSA) is 54.5 Å². The van der Waals surface area contributed by atoms with Gasteiger partial charge in [-0.05, 0) is 12.8 Å². The molecule has 1 aliphatic carbocycles. The standard InChI is InChI=1S/C7H8N4/c8-5-6-3-7(4-6)11-2-1-9-10-11/h1-2,6-7H,3-4H2. The van der Waals surface area contributed by atoms with Gasteiger partial charge >= 0.3 is 0 Å². The maximum absolute atomic E-state index is 8.51. The highest BCUT2D eigenvalue weighted by molar-refractivity contribution is 4.96. The van der Waals surface area contributed by atoms with Gasteiger partial charge in [0.25, 0.3) is 0 Å². The van der Waals surface area contributed by atoms with Crippen molar-refractivity contribution in [3.05, 3.63) is 12.4 Å². The van der Waals surface area contributed by atoms with Crippen LogP contribution in [-0.4, -0.2) is 15.0 Å². The summed E-state index contributed by atoms with van der Waals surface area (Å²) >= 11 is 0. The van der Waals surface area contributed by atoms with Crippen LogP contribution in [0, 0.1) is 17.2 Å². The molecule has 1 aromatic rings. The van der Waals surface area contributed by atoms with Gasteiger partial charge in [0.05, 0.1) is 24.2 Å². The molecule has 1 aliphatic rings. The largest absolute Gasteiger partial charge is 0.249 e. The van der Waals surface area contributed by atoms with E-state index in [1.165, 1.54) is 0 Å². The molecule has 0 aromatic carbocycles. The van der Waals surface area contributed by atoms with Crippen LogP contribution in [0.3, 0.4) is 0 Å². The summed E-state index contributed by atoms with van der Waals surface area (Å²) < 4.78 is 1.83. The number of nitriles is 1. The molecule has 4 heteroatoms. The summed E-state index contributed by atoms with van der Waals surface area (Å²) in [5.41, 5.74) is 0. The van der Waals surface area contributed by atoms with Gasteiger partial charge in [0.2, 0.25) is 0 Å². The zero-order chi connectivity index (χ0) is 7.68. The first-order valence-electron chi connectivity index (χ1n) is 3.65. The van der Waals surface area contributed by atoms with Crippen molar-refractivity contribution in [2.24, 2.45) is 5.92 Å². The van der Waals surface area contributed by atoms with Crippen LogP contribution in [0.15, 0.2) is 12.4 Å². The van der Waals surface area contributed by atoms with E-state index < -0.39 is 0 Å². The SMILES string of the molecule is N#CC1CC(n2ccnn2)C1. The molecule has 0 radical (unpaired) electrons. The summed E-state index contributed by atoms with van der Waals surface area (Å²) in [5.74, 6) is 0.240. The van der Waals surface area contributed by atoms with E-state index in [4.69, 9.17) is 5.26 Å². The fourth-order valence-electron chi connectivity index (χ4n) is 1.32. The molecule has 0 saturated heterocycles. The minimum atomic E-state index is 0.240. The number of nitrogens with zero attached hydrogens (tertiary/aromatic N) is 4. The van der Waals surface area contributed by atoms with E-state index in [2.05, 4.69) is 16.4 Å². The summed E-state index contributed by atoms with van der Waals surface area (Å²) in [4.78, 5) is 0. The second kappa shape index (κ2) is 2.35. The summed E-state index contributed by atoms with van der Waals surface area (Å²) in [5, 5.41) is 16.1. The molecule has 1 fully saturated rings. The quantitative estimate of drug-likeness (QED) is 0.590. The summed E-state index contributed by atoms with van der Waals surface area (Å²) in [6.07, 6.45) is 5.37. The molecule has 4 nitrogen and oxygen atoms in total. The summed E-state index contributed by atoms with van der Waals surface area (Å²) in [6, 6.07) is 2.65. The molecule has 1 saturated carbocycles. The number of aromatic nitrogens is 3. The third-order valence-electron chi connectivity index (χ3n) is 2.11. The molecule has 2 rings (SSSR count). The smallest absolute Gasteiger partial charge is 0.0693 e. The van der Waals surface area contributed by atoms with Gasteiger partial charge in [-0.3, -0.25) is 0 Å². The second-order valence-electron chi connectivity index (χ2n) is 2.83. The zero-order valence-corrected chi connectivity index (χ0v) is 6.01. The first-order chi connectivity index (χ1) is 5.40. The van der Waals surface area contributed by atoms with Crippen LogP contribution in [0.2, 0.25) is 0 Å². The Morgan fingerprint density at radius 3 is 2.91 bits per heavy atom. The molecule has 11 heavy (non-hydrogen) atoms. The lowest BCUT2D eigenvalue weighted by Gasteiger charge is -2.29. The van der Waals surface area contributed by atoms with Crippen LogP contribution >= 0.6 is 0 Å². The highest BCUT2D eigenvalue weighted by atomic mass is 15.4. The normalized spacial score (nSPS) is 29.0. The highest BCUT2D eigenvalue weighted by Gasteiger charge is 2.30. The Morgan fingerprint density at radius 1 is 1.55 bits per heavy atom. The van der Waals surface area contributed by atoms with E-state index in [0.717, 1.165) is 12.8 Å². The predicted molar refractivity (Wildman–Crippen MR) is 37.4 cm³/mol. The van der Waals surface area contributed by atoms with E-state index >= 15 is 0 Å². The van der Waals surface area contributed by atoms with Crippen molar-refractivity contribution in [3.8, 4) is 6.07 Å². The van der Waals surface area contributed by atoms with Gasteiger partial charge in [-0.2, -0.15) is 5.26 Å². The van der Waals surface area contributed by atoms with Gasteiger partial charge in [-0.1, -0.05) is 5.21 Å². The van der Waals surface area contributed by atoms with Gasteiger partial charge in [0.1, 0.15) is 0 Å². The van der Waals surface area contributed by atoms with Gasteiger partial charge in [0, 0.05) is 6.20 Å². The highest BCUT2D eigenvalue weighted by Crippen LogP contribution is 2.36. The minimum absolute atomic E-state index is 0.240. The van der Waals surface area contributed by atoms with Gasteiger partial charge in [-0.15, -0.1) is 5.10 Å². The van der Waals surface area contributed by atoms with Crippen molar-refractivity contribution < 1.29 is 0 Å². The Kier molecular flexibility index (Phi) is 1.35. The third kappa shape index (κ3) is 0.984. The molecule has 1 aromatic heterocycles. The molecular formula is C7H8N4. The Balaban J connectivity index is 1.99. The zero-order valence-electron chi connectivity index (χ0n) is 6.01. The number of rotatable bonds is 1. The predicted octanol–water partition coefficient (Wildman–Crippen LogP) is 0.753. The molecule has 0 spiro atoms. The summed E-state index contributed by atoms with van der Waals surface area (Å²) in [7, 11) is 0. The molecule has 0 N–H and O–H groups in total. The van der Waals surface area contributed by atoms with E-state index in [0.29, 0.717) is 6.04 Å². The Labute approximate surface area is 64.4 Å². The Bertz CT molecular complexity index is 265. The average Bonchev–Trinajstić information content (AvgIpc) is 2.37. The second-order valence-corrected chi connectivity index (χ2v) is 2.83. The lowest BCUT2D eigenvalue weighted by atomic mass is 9.81. The van der Waals surface area contributed by atoms with Crippen LogP contribution < -0.4 is 0 Å². The van der Waals surface area contributed by atoms with Crippen LogP contribution in [0.5, 0.6) is 0 Å². The fraction of sp³-hybridized carbons (Fsp3) is 0.571. The fourth-order valence-corrected chi connectivity index (χ4v) is 1.32. The molecule has 0 bridgehead atoms. The van der Waals surface area contributed by atoms with Crippen LogP contribution in [0.1, 0.15) is 18.9 Å². The Morgan fingerprint density at radius 2 is 2.36 bits per heavy atom. The van der Waals surface area contributed by atoms with Crippen molar-refractivity contribution in [1.29, 1.82) is 5.26 Å². The number of hydrogen-bond donors (Lipinski definition) is 0. The average molecular weight is 148 g/mol. The Hall–Kier alpha value is -1.37. The van der Waals surface area contributed by atoms with Gasteiger partial charge < -0.3 is 0 Å². The van der Waals surface area contributed by atoms with Gasteiger partial charge in [0.15, 0.2) is 0 Å². The lowest BCUT2D eigenvalue weighted by molar-refractivity contribution is 0.226.